The van der Waals surface area contributed by atoms with Crippen molar-refractivity contribution in [1.29, 1.82) is 0 Å². The van der Waals surface area contributed by atoms with Crippen molar-refractivity contribution in [3.63, 3.8) is 0 Å². The number of aromatic nitrogens is 3. The second kappa shape index (κ2) is 5.92. The Morgan fingerprint density at radius 2 is 2.13 bits per heavy atom. The molecule has 4 rings (SSSR count). The molecule has 124 valence electrons. The second-order valence-electron chi connectivity index (χ2n) is 6.69. The molecule has 2 aliphatic heterocycles. The van der Waals surface area contributed by atoms with Crippen LogP contribution in [0.15, 0.2) is 6.20 Å². The van der Waals surface area contributed by atoms with E-state index >= 15 is 0 Å². The highest BCUT2D eigenvalue weighted by Gasteiger charge is 2.37. The fraction of sp³-hybridized carbons (Fsp3) is 0.733. The molecule has 1 aliphatic carbocycles. The van der Waals surface area contributed by atoms with Crippen molar-refractivity contribution < 1.29 is 14.3 Å². The third kappa shape index (κ3) is 3.08. The fourth-order valence-corrected chi connectivity index (χ4v) is 3.00. The molecule has 1 unspecified atom stereocenters. The highest BCUT2D eigenvalue weighted by Crippen LogP contribution is 2.28. The number of hydrogen-bond acceptors (Lipinski definition) is 5. The summed E-state index contributed by atoms with van der Waals surface area (Å²) in [7, 11) is 0. The van der Waals surface area contributed by atoms with Crippen LogP contribution in [-0.2, 0) is 9.53 Å². The van der Waals surface area contributed by atoms with E-state index in [0.717, 1.165) is 13.0 Å². The lowest BCUT2D eigenvalue weighted by Gasteiger charge is -2.40. The van der Waals surface area contributed by atoms with Gasteiger partial charge in [-0.1, -0.05) is 5.21 Å². The number of carbonyl (C=O) groups excluding carboxylic acids is 2. The van der Waals surface area contributed by atoms with Crippen molar-refractivity contribution in [1.82, 2.24) is 25.2 Å². The van der Waals surface area contributed by atoms with Crippen LogP contribution in [0.3, 0.4) is 0 Å². The van der Waals surface area contributed by atoms with Gasteiger partial charge in [-0.05, 0) is 25.2 Å². The zero-order chi connectivity index (χ0) is 15.8. The molecule has 3 aliphatic rings. The number of amides is 2. The SMILES string of the molecule is O=C(NCC1CC1)c1cn(C2CN(C(=O)C3CCOC3)C2)nn1. The lowest BCUT2D eigenvalue weighted by atomic mass is 10.0. The number of likely N-dealkylation sites (tertiary alicyclic amines) is 1. The minimum atomic E-state index is -0.168. The predicted molar refractivity (Wildman–Crippen MR) is 79.6 cm³/mol. The van der Waals surface area contributed by atoms with Crippen LogP contribution in [0.5, 0.6) is 0 Å². The largest absolute Gasteiger partial charge is 0.381 e. The first-order valence-corrected chi connectivity index (χ1v) is 8.27. The van der Waals surface area contributed by atoms with Crippen LogP contribution in [0.1, 0.15) is 35.8 Å². The molecule has 0 aromatic carbocycles. The zero-order valence-corrected chi connectivity index (χ0v) is 13.0. The third-order valence-corrected chi connectivity index (χ3v) is 4.82. The lowest BCUT2D eigenvalue weighted by Crippen LogP contribution is -2.52. The molecule has 2 amide bonds. The van der Waals surface area contributed by atoms with Crippen LogP contribution in [-0.4, -0.2) is 64.6 Å². The molecule has 8 nitrogen and oxygen atoms in total. The minimum Gasteiger partial charge on any atom is -0.381 e. The minimum absolute atomic E-state index is 0.00968. The highest BCUT2D eigenvalue weighted by molar-refractivity contribution is 5.91. The maximum absolute atomic E-state index is 12.2. The number of nitrogens with one attached hydrogen (secondary N) is 1. The highest BCUT2D eigenvalue weighted by atomic mass is 16.5. The molecule has 3 fully saturated rings. The first-order chi connectivity index (χ1) is 11.2. The Bertz CT molecular complexity index is 600. The zero-order valence-electron chi connectivity index (χ0n) is 13.0. The molecule has 23 heavy (non-hydrogen) atoms. The monoisotopic (exact) mass is 319 g/mol. The van der Waals surface area contributed by atoms with E-state index in [2.05, 4.69) is 15.6 Å². The third-order valence-electron chi connectivity index (χ3n) is 4.82. The van der Waals surface area contributed by atoms with E-state index in [-0.39, 0.29) is 23.8 Å². The van der Waals surface area contributed by atoms with Gasteiger partial charge in [-0.3, -0.25) is 9.59 Å². The molecular formula is C15H21N5O3. The number of carbonyl (C=O) groups is 2. The Labute approximate surface area is 134 Å². The average Bonchev–Trinajstić information content (AvgIpc) is 3.00. The Kier molecular flexibility index (Phi) is 3.76. The summed E-state index contributed by atoms with van der Waals surface area (Å²) in [5.74, 6) is 0.648. The van der Waals surface area contributed by atoms with Crippen LogP contribution < -0.4 is 5.32 Å². The van der Waals surface area contributed by atoms with Crippen molar-refractivity contribution in [2.45, 2.75) is 25.3 Å². The number of hydrogen-bond donors (Lipinski definition) is 1. The van der Waals surface area contributed by atoms with Gasteiger partial charge in [0.2, 0.25) is 5.91 Å². The maximum atomic E-state index is 12.2. The second-order valence-corrected chi connectivity index (χ2v) is 6.69. The van der Waals surface area contributed by atoms with Gasteiger partial charge >= 0.3 is 0 Å². The van der Waals surface area contributed by atoms with Crippen LogP contribution in [0.4, 0.5) is 0 Å². The average molecular weight is 319 g/mol. The Balaban J connectivity index is 1.28. The van der Waals surface area contributed by atoms with E-state index in [9.17, 15) is 9.59 Å². The fourth-order valence-electron chi connectivity index (χ4n) is 3.00. The normalized spacial score (nSPS) is 24.5. The smallest absolute Gasteiger partial charge is 0.273 e. The number of nitrogens with zero attached hydrogens (tertiary/aromatic N) is 4. The Morgan fingerprint density at radius 3 is 2.83 bits per heavy atom. The lowest BCUT2D eigenvalue weighted by molar-refractivity contribution is -0.141. The first-order valence-electron chi connectivity index (χ1n) is 8.27. The van der Waals surface area contributed by atoms with Gasteiger partial charge in [0.15, 0.2) is 5.69 Å². The van der Waals surface area contributed by atoms with Crippen LogP contribution in [0.25, 0.3) is 0 Å². The molecule has 3 heterocycles. The Morgan fingerprint density at radius 1 is 1.30 bits per heavy atom. The van der Waals surface area contributed by atoms with Crippen molar-refractivity contribution in [3.05, 3.63) is 11.9 Å². The van der Waals surface area contributed by atoms with E-state index in [0.29, 0.717) is 37.9 Å². The first kappa shape index (κ1) is 14.6. The Hall–Kier alpha value is -1.96. The summed E-state index contributed by atoms with van der Waals surface area (Å²) >= 11 is 0. The van der Waals surface area contributed by atoms with E-state index in [4.69, 9.17) is 4.74 Å². The molecule has 0 bridgehead atoms. The van der Waals surface area contributed by atoms with Crippen LogP contribution in [0.2, 0.25) is 0 Å². The molecule has 2 saturated heterocycles. The molecule has 1 aromatic rings. The summed E-state index contributed by atoms with van der Waals surface area (Å²) in [6.07, 6.45) is 4.89. The summed E-state index contributed by atoms with van der Waals surface area (Å²) < 4.78 is 6.96. The molecular weight excluding hydrogens is 298 g/mol. The van der Waals surface area contributed by atoms with Gasteiger partial charge in [-0.25, -0.2) is 4.68 Å². The van der Waals surface area contributed by atoms with Gasteiger partial charge in [-0.15, -0.1) is 5.10 Å². The van der Waals surface area contributed by atoms with Crippen molar-refractivity contribution in [2.24, 2.45) is 11.8 Å². The van der Waals surface area contributed by atoms with Crippen LogP contribution in [0, 0.1) is 11.8 Å². The van der Waals surface area contributed by atoms with Crippen molar-refractivity contribution in [2.75, 3.05) is 32.8 Å². The number of rotatable bonds is 5. The van der Waals surface area contributed by atoms with Crippen molar-refractivity contribution in [3.8, 4) is 0 Å². The van der Waals surface area contributed by atoms with Gasteiger partial charge < -0.3 is 15.0 Å². The van der Waals surface area contributed by atoms with Gasteiger partial charge in [0.25, 0.3) is 5.91 Å². The molecule has 1 N–H and O–H groups in total. The van der Waals surface area contributed by atoms with E-state index < -0.39 is 0 Å². The van der Waals surface area contributed by atoms with Gasteiger partial charge in [0.1, 0.15) is 0 Å². The molecule has 1 saturated carbocycles. The predicted octanol–water partition coefficient (Wildman–Crippen LogP) is -0.162. The summed E-state index contributed by atoms with van der Waals surface area (Å²) in [5, 5.41) is 10.9. The standard InChI is InChI=1S/C15H21N5O3/c21-14(16-5-10-1-2-10)13-8-20(18-17-13)12-6-19(7-12)15(22)11-3-4-23-9-11/h8,10-12H,1-7,9H2,(H,16,21). The summed E-state index contributed by atoms with van der Waals surface area (Å²) in [6, 6.07) is 0.110. The van der Waals surface area contributed by atoms with Crippen LogP contribution >= 0.6 is 0 Å². The van der Waals surface area contributed by atoms with Gasteiger partial charge in [-0.2, -0.15) is 0 Å². The summed E-state index contributed by atoms with van der Waals surface area (Å²) in [4.78, 5) is 26.0. The van der Waals surface area contributed by atoms with Gasteiger partial charge in [0, 0.05) is 26.2 Å². The van der Waals surface area contributed by atoms with E-state index in [1.54, 1.807) is 10.9 Å². The maximum Gasteiger partial charge on any atom is 0.273 e. The quantitative estimate of drug-likeness (QED) is 0.814. The molecule has 8 heteroatoms. The molecule has 1 aromatic heterocycles. The van der Waals surface area contributed by atoms with E-state index in [1.807, 2.05) is 4.90 Å². The van der Waals surface area contributed by atoms with E-state index in [1.165, 1.54) is 12.8 Å². The number of ether oxygens (including phenoxy) is 1. The topological polar surface area (TPSA) is 89.4 Å². The molecule has 0 radical (unpaired) electrons. The molecule has 1 atom stereocenters. The summed E-state index contributed by atoms with van der Waals surface area (Å²) in [5.41, 5.74) is 0.347. The molecule has 0 spiro atoms. The summed E-state index contributed by atoms with van der Waals surface area (Å²) in [6.45, 7) is 3.19. The van der Waals surface area contributed by atoms with Crippen molar-refractivity contribution >= 4 is 11.8 Å². The van der Waals surface area contributed by atoms with Gasteiger partial charge in [0.05, 0.1) is 24.8 Å².